The van der Waals surface area contributed by atoms with E-state index in [-0.39, 0.29) is 5.92 Å². The number of hydrogen-bond acceptors (Lipinski definition) is 4. The molecule has 1 aromatic heterocycles. The largest absolute Gasteiger partial charge is 0.496 e. The first kappa shape index (κ1) is 14.5. The maximum atomic E-state index is 8.81. The van der Waals surface area contributed by atoms with E-state index in [2.05, 4.69) is 16.0 Å². The van der Waals surface area contributed by atoms with Crippen molar-refractivity contribution in [2.75, 3.05) is 20.7 Å². The van der Waals surface area contributed by atoms with Gasteiger partial charge in [-0.25, -0.2) is 0 Å². The lowest BCUT2D eigenvalue weighted by molar-refractivity contribution is 0.298. The topological polar surface area (TPSA) is 49.1 Å². The van der Waals surface area contributed by atoms with Gasteiger partial charge in [-0.2, -0.15) is 5.26 Å². The van der Waals surface area contributed by atoms with Crippen LogP contribution in [0, 0.1) is 31.1 Å². The molecule has 0 spiro atoms. The summed E-state index contributed by atoms with van der Waals surface area (Å²) in [5.41, 5.74) is 3.13. The summed E-state index contributed by atoms with van der Waals surface area (Å²) in [5.74, 6) is 0.935. The number of methoxy groups -OCH3 is 1. The van der Waals surface area contributed by atoms with E-state index in [0.29, 0.717) is 0 Å². The zero-order valence-corrected chi connectivity index (χ0v) is 11.8. The summed E-state index contributed by atoms with van der Waals surface area (Å²) in [6, 6.07) is 2.24. The normalized spacial score (nSPS) is 12.3. The zero-order valence-electron chi connectivity index (χ0n) is 11.8. The first-order valence-corrected chi connectivity index (χ1v) is 6.06. The Bertz CT molecular complexity index is 451. The monoisotopic (exact) mass is 247 g/mol. The van der Waals surface area contributed by atoms with Crippen LogP contribution >= 0.6 is 0 Å². The van der Waals surface area contributed by atoms with Crippen molar-refractivity contribution in [2.45, 2.75) is 27.3 Å². The first-order valence-electron chi connectivity index (χ1n) is 6.06. The molecular weight excluding hydrogens is 226 g/mol. The van der Waals surface area contributed by atoms with E-state index in [4.69, 9.17) is 10.00 Å². The Balaban J connectivity index is 2.83. The predicted molar refractivity (Wildman–Crippen MR) is 71.4 cm³/mol. The Kier molecular flexibility index (Phi) is 5.11. The van der Waals surface area contributed by atoms with E-state index < -0.39 is 0 Å². The number of pyridine rings is 1. The highest BCUT2D eigenvalue weighted by Crippen LogP contribution is 2.24. The van der Waals surface area contributed by atoms with Crippen LogP contribution in [-0.2, 0) is 6.54 Å². The Morgan fingerprint density at radius 1 is 1.50 bits per heavy atom. The summed E-state index contributed by atoms with van der Waals surface area (Å²) in [7, 11) is 3.68. The molecule has 98 valence electrons. The summed E-state index contributed by atoms with van der Waals surface area (Å²) >= 11 is 0. The number of hydrogen-bond donors (Lipinski definition) is 0. The van der Waals surface area contributed by atoms with Crippen molar-refractivity contribution in [2.24, 2.45) is 5.92 Å². The molecule has 0 amide bonds. The van der Waals surface area contributed by atoms with Crippen LogP contribution in [0.25, 0.3) is 0 Å². The summed E-state index contributed by atoms with van der Waals surface area (Å²) in [4.78, 5) is 6.56. The quantitative estimate of drug-likeness (QED) is 0.801. The smallest absolute Gasteiger partial charge is 0.128 e. The predicted octanol–water partition coefficient (Wildman–Crippen LogP) is 2.30. The second kappa shape index (κ2) is 6.36. The average molecular weight is 247 g/mol. The molecule has 1 rings (SSSR count). The lowest BCUT2D eigenvalue weighted by atomic mass is 10.1. The van der Waals surface area contributed by atoms with E-state index in [1.807, 2.05) is 34.0 Å². The molecule has 0 aromatic carbocycles. The van der Waals surface area contributed by atoms with E-state index in [1.165, 1.54) is 0 Å². The summed E-state index contributed by atoms with van der Waals surface area (Å²) in [6.07, 6.45) is 1.84. The molecule has 0 bridgehead atoms. The van der Waals surface area contributed by atoms with Crippen LogP contribution in [0.4, 0.5) is 0 Å². The number of nitriles is 1. The van der Waals surface area contributed by atoms with Gasteiger partial charge in [0.25, 0.3) is 0 Å². The third-order valence-corrected chi connectivity index (χ3v) is 2.98. The van der Waals surface area contributed by atoms with Gasteiger partial charge in [0.05, 0.1) is 24.8 Å². The number of aryl methyl sites for hydroxylation is 1. The molecule has 0 aliphatic carbocycles. The van der Waals surface area contributed by atoms with Crippen molar-refractivity contribution in [3.8, 4) is 11.8 Å². The molecule has 0 saturated carbocycles. The fourth-order valence-corrected chi connectivity index (χ4v) is 2.06. The van der Waals surface area contributed by atoms with Crippen molar-refractivity contribution >= 4 is 0 Å². The molecule has 1 heterocycles. The van der Waals surface area contributed by atoms with Gasteiger partial charge >= 0.3 is 0 Å². The molecule has 1 aromatic rings. The van der Waals surface area contributed by atoms with Gasteiger partial charge in [0.1, 0.15) is 5.75 Å². The van der Waals surface area contributed by atoms with Gasteiger partial charge in [-0.15, -0.1) is 0 Å². The van der Waals surface area contributed by atoms with Crippen LogP contribution in [-0.4, -0.2) is 30.6 Å². The number of rotatable bonds is 5. The highest BCUT2D eigenvalue weighted by molar-refractivity contribution is 5.40. The van der Waals surface area contributed by atoms with Crippen LogP contribution in [0.3, 0.4) is 0 Å². The molecule has 0 saturated heterocycles. The molecule has 0 fully saturated rings. The Morgan fingerprint density at radius 3 is 2.72 bits per heavy atom. The number of nitrogens with zero attached hydrogens (tertiary/aromatic N) is 3. The molecule has 4 nitrogen and oxygen atoms in total. The van der Waals surface area contributed by atoms with E-state index in [9.17, 15) is 0 Å². The van der Waals surface area contributed by atoms with Gasteiger partial charge in [0.2, 0.25) is 0 Å². The molecule has 18 heavy (non-hydrogen) atoms. The molecule has 0 radical (unpaired) electrons. The molecule has 0 aliphatic heterocycles. The van der Waals surface area contributed by atoms with Crippen molar-refractivity contribution in [1.29, 1.82) is 5.26 Å². The molecule has 1 unspecified atom stereocenters. The van der Waals surface area contributed by atoms with Crippen molar-refractivity contribution in [3.05, 3.63) is 23.0 Å². The van der Waals surface area contributed by atoms with E-state index in [1.54, 1.807) is 7.11 Å². The fourth-order valence-electron chi connectivity index (χ4n) is 2.06. The third kappa shape index (κ3) is 3.44. The van der Waals surface area contributed by atoms with Crippen LogP contribution in [0.2, 0.25) is 0 Å². The van der Waals surface area contributed by atoms with Crippen LogP contribution in [0.15, 0.2) is 6.20 Å². The minimum atomic E-state index is 0.0302. The molecule has 4 heteroatoms. The SMILES string of the molecule is COc1c(C)cnc(CN(C)CC(C)C#N)c1C. The second-order valence-electron chi connectivity index (χ2n) is 4.77. The van der Waals surface area contributed by atoms with Crippen molar-refractivity contribution < 1.29 is 4.74 Å². The molecule has 1 atom stereocenters. The second-order valence-corrected chi connectivity index (χ2v) is 4.77. The first-order chi connectivity index (χ1) is 8.49. The lowest BCUT2D eigenvalue weighted by Crippen LogP contribution is -2.24. The molecular formula is C14H21N3O. The number of aromatic nitrogens is 1. The van der Waals surface area contributed by atoms with Crippen LogP contribution in [0.5, 0.6) is 5.75 Å². The number of ether oxygens (including phenoxy) is 1. The van der Waals surface area contributed by atoms with Gasteiger partial charge < -0.3 is 4.74 Å². The lowest BCUT2D eigenvalue weighted by Gasteiger charge is -2.19. The summed E-state index contributed by atoms with van der Waals surface area (Å²) < 4.78 is 5.39. The van der Waals surface area contributed by atoms with Crippen LogP contribution in [0.1, 0.15) is 23.7 Å². The highest BCUT2D eigenvalue weighted by Gasteiger charge is 2.12. The maximum Gasteiger partial charge on any atom is 0.128 e. The van der Waals surface area contributed by atoms with Crippen molar-refractivity contribution in [3.63, 3.8) is 0 Å². The van der Waals surface area contributed by atoms with E-state index >= 15 is 0 Å². The summed E-state index contributed by atoms with van der Waals surface area (Å²) in [6.45, 7) is 7.41. The van der Waals surface area contributed by atoms with Gasteiger partial charge in [-0.1, -0.05) is 0 Å². The molecule has 0 N–H and O–H groups in total. The van der Waals surface area contributed by atoms with Crippen molar-refractivity contribution in [1.82, 2.24) is 9.88 Å². The van der Waals surface area contributed by atoms with Gasteiger partial charge in [-0.3, -0.25) is 9.88 Å². The highest BCUT2D eigenvalue weighted by atomic mass is 16.5. The van der Waals surface area contributed by atoms with Gasteiger partial charge in [0.15, 0.2) is 0 Å². The minimum absolute atomic E-state index is 0.0302. The average Bonchev–Trinajstić information content (AvgIpc) is 2.33. The minimum Gasteiger partial charge on any atom is -0.496 e. The Labute approximate surface area is 109 Å². The Hall–Kier alpha value is -1.60. The third-order valence-electron chi connectivity index (χ3n) is 2.98. The fraction of sp³-hybridized carbons (Fsp3) is 0.571. The zero-order chi connectivity index (χ0) is 13.7. The Morgan fingerprint density at radius 2 is 2.17 bits per heavy atom. The maximum absolute atomic E-state index is 8.81. The van der Waals surface area contributed by atoms with Gasteiger partial charge in [0, 0.05) is 30.4 Å². The van der Waals surface area contributed by atoms with Crippen LogP contribution < -0.4 is 4.74 Å². The molecule has 0 aliphatic rings. The standard InChI is InChI=1S/C14H21N3O/c1-10(6-15)8-17(4)9-13-12(3)14(18-5)11(2)7-16-13/h7,10H,8-9H2,1-5H3. The van der Waals surface area contributed by atoms with Gasteiger partial charge in [-0.05, 0) is 27.8 Å². The van der Waals surface area contributed by atoms with E-state index in [0.717, 1.165) is 35.7 Å². The summed E-state index contributed by atoms with van der Waals surface area (Å²) in [5, 5.41) is 8.81.